The van der Waals surface area contributed by atoms with Crippen molar-refractivity contribution in [1.29, 1.82) is 0 Å². The molecule has 2 unspecified atom stereocenters. The summed E-state index contributed by atoms with van der Waals surface area (Å²) in [6, 6.07) is 22.6. The van der Waals surface area contributed by atoms with Crippen LogP contribution in [-0.4, -0.2) is 4.98 Å². The van der Waals surface area contributed by atoms with Crippen molar-refractivity contribution >= 4 is 0 Å². The van der Waals surface area contributed by atoms with Gasteiger partial charge in [0.15, 0.2) is 0 Å². The molecule has 1 heterocycles. The molecule has 3 rings (SSSR count). The Hall–Kier alpha value is -2.35. The summed E-state index contributed by atoms with van der Waals surface area (Å²) in [7, 11) is 0. The summed E-state index contributed by atoms with van der Waals surface area (Å²) in [5.41, 5.74) is 2.91. The van der Waals surface area contributed by atoms with Gasteiger partial charge in [-0.1, -0.05) is 216 Å². The molecule has 48 heavy (non-hydrogen) atoms. The molecule has 0 saturated carbocycles. The quantitative estimate of drug-likeness (QED) is 0.0545. The van der Waals surface area contributed by atoms with Gasteiger partial charge in [0.25, 0.3) is 5.82 Å². The molecular formula is C46H75N2+. The monoisotopic (exact) mass is 656 g/mol. The smallest absolute Gasteiger partial charge is 0.247 e. The fourth-order valence-electron chi connectivity index (χ4n) is 8.03. The highest BCUT2D eigenvalue weighted by atomic mass is 15.1. The second-order valence-corrected chi connectivity index (χ2v) is 15.3. The molecular weight excluding hydrogens is 581 g/mol. The van der Waals surface area contributed by atoms with Crippen LogP contribution in [0.25, 0.3) is 0 Å². The molecule has 0 radical (unpaired) electrons. The van der Waals surface area contributed by atoms with Gasteiger partial charge in [-0.05, 0) is 36.8 Å². The molecule has 0 amide bonds. The van der Waals surface area contributed by atoms with E-state index in [1.54, 1.807) is 0 Å². The number of H-pyrrole nitrogens is 1. The maximum absolute atomic E-state index is 3.80. The number of unbranched alkanes of at least 4 members (excludes halogenated alkanes) is 21. The Morgan fingerprint density at radius 2 is 0.979 bits per heavy atom. The van der Waals surface area contributed by atoms with Gasteiger partial charge in [0.1, 0.15) is 12.4 Å². The Kier molecular flexibility index (Phi) is 21.4. The first-order chi connectivity index (χ1) is 23.7. The van der Waals surface area contributed by atoms with Crippen LogP contribution in [0.2, 0.25) is 0 Å². The summed E-state index contributed by atoms with van der Waals surface area (Å²) in [5, 5.41) is 0. The predicted octanol–water partition coefficient (Wildman–Crippen LogP) is 14.0. The lowest BCUT2D eigenvalue weighted by atomic mass is 9.66. The zero-order valence-corrected chi connectivity index (χ0v) is 31.8. The molecule has 3 aromatic rings. The molecule has 2 atom stereocenters. The van der Waals surface area contributed by atoms with E-state index >= 15 is 0 Å². The average Bonchev–Trinajstić information content (AvgIpc) is 3.58. The van der Waals surface area contributed by atoms with Crippen LogP contribution >= 0.6 is 0 Å². The molecule has 2 aromatic carbocycles. The second-order valence-electron chi connectivity index (χ2n) is 15.3. The number of imidazole rings is 1. The van der Waals surface area contributed by atoms with Gasteiger partial charge in [0, 0.05) is 5.41 Å². The molecule has 0 aliphatic heterocycles. The van der Waals surface area contributed by atoms with Gasteiger partial charge in [0.05, 0.1) is 12.5 Å². The molecule has 0 bridgehead atoms. The number of benzene rings is 2. The number of aromatic nitrogens is 2. The van der Waals surface area contributed by atoms with E-state index in [1.165, 1.54) is 171 Å². The Morgan fingerprint density at radius 3 is 1.48 bits per heavy atom. The SMILES string of the molecule is CCCCCCCCCCCCCCCCCCC(c1[nH]cc[n+]1CCCCCCCCC)C(C)(Cc1ccccc1)c1ccccc1. The van der Waals surface area contributed by atoms with Gasteiger partial charge < -0.3 is 0 Å². The van der Waals surface area contributed by atoms with Gasteiger partial charge in [-0.2, -0.15) is 0 Å². The number of aromatic amines is 1. The van der Waals surface area contributed by atoms with Crippen LogP contribution in [0.15, 0.2) is 73.1 Å². The van der Waals surface area contributed by atoms with E-state index in [9.17, 15) is 0 Å². The molecule has 0 aliphatic carbocycles. The lowest BCUT2D eigenvalue weighted by Gasteiger charge is -2.37. The lowest BCUT2D eigenvalue weighted by Crippen LogP contribution is -2.43. The number of rotatable bonds is 30. The first kappa shape index (κ1) is 40.1. The van der Waals surface area contributed by atoms with E-state index in [0.29, 0.717) is 5.92 Å². The van der Waals surface area contributed by atoms with Crippen molar-refractivity contribution in [2.45, 2.75) is 199 Å². The van der Waals surface area contributed by atoms with Crippen molar-refractivity contribution in [3.8, 4) is 0 Å². The standard InChI is InChI=1S/C46H74N2/c1-4-6-8-10-12-13-14-15-16-17-18-19-20-21-23-31-37-44(45-47-38-40-48(45)39-32-24-22-11-9-7-5-2)46(3,43-35-29-26-30-36-43)41-42-33-27-25-28-34-42/h25-30,33-36,38,40,44H,4-24,31-32,37,39,41H2,1-3H3/p+1. The van der Waals surface area contributed by atoms with Crippen LogP contribution in [-0.2, 0) is 18.4 Å². The number of nitrogens with one attached hydrogen (secondary N) is 1. The van der Waals surface area contributed by atoms with Crippen LogP contribution in [0.4, 0.5) is 0 Å². The molecule has 1 N–H and O–H groups in total. The number of hydrogen-bond donors (Lipinski definition) is 1. The first-order valence-electron chi connectivity index (χ1n) is 20.8. The summed E-state index contributed by atoms with van der Waals surface area (Å²) < 4.78 is 2.58. The molecule has 0 aliphatic rings. The molecule has 268 valence electrons. The highest BCUT2D eigenvalue weighted by molar-refractivity contribution is 5.32. The minimum atomic E-state index is 0.00484. The molecule has 2 heteroatoms. The third kappa shape index (κ3) is 15.5. The Bertz CT molecular complexity index is 1140. The summed E-state index contributed by atoms with van der Waals surface area (Å²) >= 11 is 0. The van der Waals surface area contributed by atoms with Crippen LogP contribution in [0.5, 0.6) is 0 Å². The van der Waals surface area contributed by atoms with Crippen molar-refractivity contribution in [2.75, 3.05) is 0 Å². The van der Waals surface area contributed by atoms with E-state index in [1.807, 2.05) is 0 Å². The lowest BCUT2D eigenvalue weighted by molar-refractivity contribution is -0.705. The molecule has 2 nitrogen and oxygen atoms in total. The average molecular weight is 656 g/mol. The first-order valence-corrected chi connectivity index (χ1v) is 20.8. The topological polar surface area (TPSA) is 19.7 Å². The largest absolute Gasteiger partial charge is 0.258 e. The predicted molar refractivity (Wildman–Crippen MR) is 210 cm³/mol. The maximum atomic E-state index is 3.80. The zero-order chi connectivity index (χ0) is 34.0. The number of aryl methyl sites for hydroxylation is 1. The van der Waals surface area contributed by atoms with Gasteiger partial charge in [-0.25, -0.2) is 9.55 Å². The fourth-order valence-corrected chi connectivity index (χ4v) is 8.03. The molecule has 0 saturated heterocycles. The summed E-state index contributed by atoms with van der Waals surface area (Å²) in [4.78, 5) is 3.80. The highest BCUT2D eigenvalue weighted by Crippen LogP contribution is 2.43. The van der Waals surface area contributed by atoms with Crippen molar-refractivity contribution in [3.05, 3.63) is 90.0 Å². The van der Waals surface area contributed by atoms with E-state index < -0.39 is 0 Å². The Labute approximate surface area is 297 Å². The fraction of sp³-hybridized carbons (Fsp3) is 0.674. The molecule has 1 aromatic heterocycles. The summed E-state index contributed by atoms with van der Waals surface area (Å²) in [5.74, 6) is 1.87. The van der Waals surface area contributed by atoms with Crippen molar-refractivity contribution < 1.29 is 4.57 Å². The minimum absolute atomic E-state index is 0.00484. The van der Waals surface area contributed by atoms with Crippen LogP contribution < -0.4 is 4.57 Å². The van der Waals surface area contributed by atoms with Crippen molar-refractivity contribution in [1.82, 2.24) is 4.98 Å². The van der Waals surface area contributed by atoms with Gasteiger partial charge in [-0.3, -0.25) is 0 Å². The van der Waals surface area contributed by atoms with E-state index in [4.69, 9.17) is 0 Å². The highest BCUT2D eigenvalue weighted by Gasteiger charge is 2.41. The number of hydrogen-bond acceptors (Lipinski definition) is 0. The molecule has 0 spiro atoms. The maximum Gasteiger partial charge on any atom is 0.258 e. The zero-order valence-electron chi connectivity index (χ0n) is 31.8. The van der Waals surface area contributed by atoms with Crippen LogP contribution in [0.1, 0.15) is 198 Å². The van der Waals surface area contributed by atoms with Crippen molar-refractivity contribution in [3.63, 3.8) is 0 Å². The third-order valence-electron chi connectivity index (χ3n) is 11.1. The van der Waals surface area contributed by atoms with Crippen LogP contribution in [0.3, 0.4) is 0 Å². The van der Waals surface area contributed by atoms with Crippen LogP contribution in [0, 0.1) is 0 Å². The minimum Gasteiger partial charge on any atom is -0.247 e. The van der Waals surface area contributed by atoms with Gasteiger partial charge in [-0.15, -0.1) is 0 Å². The van der Waals surface area contributed by atoms with Gasteiger partial charge >= 0.3 is 0 Å². The third-order valence-corrected chi connectivity index (χ3v) is 11.1. The normalized spacial score (nSPS) is 13.5. The second kappa shape index (κ2) is 25.6. The van der Waals surface area contributed by atoms with Gasteiger partial charge in [0.2, 0.25) is 0 Å². The van der Waals surface area contributed by atoms with E-state index in [2.05, 4.69) is 103 Å². The van der Waals surface area contributed by atoms with E-state index in [0.717, 1.165) is 13.0 Å². The summed E-state index contributed by atoms with van der Waals surface area (Å²) in [6.45, 7) is 8.29. The van der Waals surface area contributed by atoms with Crippen molar-refractivity contribution in [2.24, 2.45) is 0 Å². The number of nitrogens with zero attached hydrogens (tertiary/aromatic N) is 1. The molecule has 0 fully saturated rings. The summed E-state index contributed by atoms with van der Waals surface area (Å²) in [6.07, 6.45) is 39.0. The van der Waals surface area contributed by atoms with E-state index in [-0.39, 0.29) is 5.41 Å². The Balaban J connectivity index is 1.54. The Morgan fingerprint density at radius 1 is 0.542 bits per heavy atom.